The van der Waals surface area contributed by atoms with Gasteiger partial charge in [-0.1, -0.05) is 0 Å². The Morgan fingerprint density at radius 2 is 0.909 bits per heavy atom. The van der Waals surface area contributed by atoms with Crippen molar-refractivity contribution in [1.29, 1.82) is 0 Å². The molecule has 0 spiro atoms. The lowest BCUT2D eigenvalue weighted by Gasteiger charge is -2.06. The van der Waals surface area contributed by atoms with Crippen LogP contribution < -0.4 is 33.6 Å². The first-order valence-electron chi connectivity index (χ1n) is 6.21. The molecule has 0 radical (unpaired) electrons. The van der Waals surface area contributed by atoms with Crippen LogP contribution in [0.4, 0.5) is 22.7 Å². The third-order valence-electron chi connectivity index (χ3n) is 2.36. The number of nitrogen functional groups attached to an aromatic ring is 2. The fourth-order valence-electron chi connectivity index (χ4n) is 1.42. The minimum Gasteiger partial charge on any atom is -0.399 e. The molecule has 116 valence electrons. The molecule has 0 amide bonds. The highest BCUT2D eigenvalue weighted by molar-refractivity contribution is 7.80. The van der Waals surface area contributed by atoms with Gasteiger partial charge in [-0.2, -0.15) is 0 Å². The van der Waals surface area contributed by atoms with E-state index in [-0.39, 0.29) is 10.2 Å². The second-order valence-corrected chi connectivity index (χ2v) is 5.10. The van der Waals surface area contributed by atoms with Gasteiger partial charge in [-0.3, -0.25) is 0 Å². The number of hydrogen-bond donors (Lipinski definition) is 6. The second kappa shape index (κ2) is 8.65. The van der Waals surface area contributed by atoms with Crippen LogP contribution in [0.25, 0.3) is 0 Å². The number of anilines is 4. The first-order chi connectivity index (χ1) is 10.4. The summed E-state index contributed by atoms with van der Waals surface area (Å²) in [5, 5.41) is 6.08. The molecule has 8 heteroatoms. The van der Waals surface area contributed by atoms with Crippen molar-refractivity contribution in [3.05, 3.63) is 48.5 Å². The van der Waals surface area contributed by atoms with Crippen molar-refractivity contribution < 1.29 is 0 Å². The molecule has 0 saturated heterocycles. The lowest BCUT2D eigenvalue weighted by atomic mass is 10.3. The summed E-state index contributed by atoms with van der Waals surface area (Å²) in [5.41, 5.74) is 24.5. The Hall–Kier alpha value is -2.58. The van der Waals surface area contributed by atoms with E-state index in [0.717, 1.165) is 22.7 Å². The van der Waals surface area contributed by atoms with Crippen LogP contribution in [0.5, 0.6) is 0 Å². The second-order valence-electron chi connectivity index (χ2n) is 4.22. The zero-order chi connectivity index (χ0) is 16.5. The smallest absolute Gasteiger partial charge is 0.168 e. The van der Waals surface area contributed by atoms with Gasteiger partial charge < -0.3 is 33.6 Å². The lowest BCUT2D eigenvalue weighted by molar-refractivity contribution is 1.57. The first-order valence-corrected chi connectivity index (χ1v) is 7.02. The highest BCUT2D eigenvalue weighted by Gasteiger charge is 1.95. The zero-order valence-electron chi connectivity index (χ0n) is 11.7. The Labute approximate surface area is 139 Å². The minimum atomic E-state index is 0.236. The average molecular weight is 334 g/mol. The summed E-state index contributed by atoms with van der Waals surface area (Å²) in [6.45, 7) is 0. The highest BCUT2D eigenvalue weighted by Crippen LogP contribution is 2.12. The summed E-state index contributed by atoms with van der Waals surface area (Å²) in [7, 11) is 0. The van der Waals surface area contributed by atoms with Crippen molar-refractivity contribution in [2.24, 2.45) is 11.5 Å². The summed E-state index contributed by atoms with van der Waals surface area (Å²) in [5.74, 6) is 0. The van der Waals surface area contributed by atoms with Gasteiger partial charge in [0.05, 0.1) is 0 Å². The number of thiocarbonyl (C=S) groups is 2. The summed E-state index contributed by atoms with van der Waals surface area (Å²) < 4.78 is 0. The molecule has 0 aliphatic heterocycles. The Morgan fingerprint density at radius 1 is 0.636 bits per heavy atom. The van der Waals surface area contributed by atoms with E-state index >= 15 is 0 Å². The average Bonchev–Trinajstić information content (AvgIpc) is 2.44. The fourth-order valence-corrected chi connectivity index (χ4v) is 1.65. The number of nitrogens with two attached hydrogens (primary N) is 4. The summed E-state index contributed by atoms with van der Waals surface area (Å²) in [4.78, 5) is 0. The maximum absolute atomic E-state index is 5.37. The van der Waals surface area contributed by atoms with Gasteiger partial charge in [0.15, 0.2) is 10.2 Å². The predicted molar refractivity (Wildman–Crippen MR) is 103 cm³/mol. The number of rotatable bonds is 2. The molecule has 0 saturated carbocycles. The van der Waals surface area contributed by atoms with Crippen molar-refractivity contribution in [2.45, 2.75) is 0 Å². The van der Waals surface area contributed by atoms with Crippen LogP contribution in [0, 0.1) is 0 Å². The quantitative estimate of drug-likeness (QED) is 0.363. The molecular weight excluding hydrogens is 316 g/mol. The molecule has 0 fully saturated rings. The van der Waals surface area contributed by atoms with E-state index in [4.69, 9.17) is 47.4 Å². The van der Waals surface area contributed by atoms with Crippen molar-refractivity contribution in [3.8, 4) is 0 Å². The van der Waals surface area contributed by atoms with Crippen LogP contribution in [0.2, 0.25) is 0 Å². The molecule has 22 heavy (non-hydrogen) atoms. The van der Waals surface area contributed by atoms with Gasteiger partial charge in [-0.05, 0) is 73.0 Å². The SMILES string of the molecule is NC(=S)Nc1ccc(NC(N)=S)cc1.Nc1ccc(N)cc1. The monoisotopic (exact) mass is 334 g/mol. The molecule has 0 aromatic heterocycles. The minimum absolute atomic E-state index is 0.236. The van der Waals surface area contributed by atoms with Crippen molar-refractivity contribution in [1.82, 2.24) is 0 Å². The van der Waals surface area contributed by atoms with Gasteiger partial charge in [-0.25, -0.2) is 0 Å². The molecule has 6 nitrogen and oxygen atoms in total. The van der Waals surface area contributed by atoms with Crippen LogP contribution in [-0.2, 0) is 0 Å². The summed E-state index contributed by atoms with van der Waals surface area (Å²) in [6, 6.07) is 14.4. The normalized spacial score (nSPS) is 9.09. The molecule has 2 rings (SSSR count). The van der Waals surface area contributed by atoms with E-state index in [0.29, 0.717) is 0 Å². The standard InChI is InChI=1S/C8H10N4S2.C6H8N2/c9-7(13)11-5-1-2-6(4-3-5)12-8(10)14;7-5-1-2-6(8)4-3-5/h1-4H,(H3,9,11,13)(H3,10,12,14);1-4H,7-8H2. The molecule has 0 atom stereocenters. The molecular formula is C14H18N6S2. The summed E-state index contributed by atoms with van der Waals surface area (Å²) >= 11 is 9.38. The largest absolute Gasteiger partial charge is 0.399 e. The third kappa shape index (κ3) is 7.27. The van der Waals surface area contributed by atoms with E-state index in [1.165, 1.54) is 0 Å². The van der Waals surface area contributed by atoms with Crippen LogP contribution in [0.1, 0.15) is 0 Å². The maximum atomic E-state index is 5.37. The van der Waals surface area contributed by atoms with Crippen LogP contribution in [-0.4, -0.2) is 10.2 Å². The van der Waals surface area contributed by atoms with Gasteiger partial charge >= 0.3 is 0 Å². The molecule has 0 bridgehead atoms. The predicted octanol–water partition coefficient (Wildman–Crippen LogP) is 1.85. The van der Waals surface area contributed by atoms with Gasteiger partial charge in [-0.15, -0.1) is 0 Å². The van der Waals surface area contributed by atoms with Crippen LogP contribution >= 0.6 is 24.4 Å². The van der Waals surface area contributed by atoms with E-state index in [9.17, 15) is 0 Å². The number of benzene rings is 2. The Kier molecular flexibility index (Phi) is 6.87. The van der Waals surface area contributed by atoms with E-state index in [2.05, 4.69) is 10.6 Å². The molecule has 2 aromatic carbocycles. The Bertz CT molecular complexity index is 569. The molecule has 0 heterocycles. The van der Waals surface area contributed by atoms with Gasteiger partial charge in [0.2, 0.25) is 0 Å². The molecule has 0 unspecified atom stereocenters. The zero-order valence-corrected chi connectivity index (χ0v) is 13.4. The van der Waals surface area contributed by atoms with Crippen molar-refractivity contribution >= 4 is 57.4 Å². The fraction of sp³-hybridized carbons (Fsp3) is 0. The Morgan fingerprint density at radius 3 is 1.14 bits per heavy atom. The molecule has 2 aromatic rings. The van der Waals surface area contributed by atoms with E-state index in [1.54, 1.807) is 24.3 Å². The first kappa shape index (κ1) is 17.5. The topological polar surface area (TPSA) is 128 Å². The van der Waals surface area contributed by atoms with E-state index < -0.39 is 0 Å². The highest BCUT2D eigenvalue weighted by atomic mass is 32.1. The van der Waals surface area contributed by atoms with Gasteiger partial charge in [0.1, 0.15) is 0 Å². The van der Waals surface area contributed by atoms with Gasteiger partial charge in [0, 0.05) is 22.7 Å². The number of hydrogen-bond acceptors (Lipinski definition) is 4. The summed E-state index contributed by atoms with van der Waals surface area (Å²) in [6.07, 6.45) is 0. The lowest BCUT2D eigenvalue weighted by Crippen LogP contribution is -2.20. The van der Waals surface area contributed by atoms with Gasteiger partial charge in [0.25, 0.3) is 0 Å². The molecule has 0 aliphatic rings. The van der Waals surface area contributed by atoms with Crippen molar-refractivity contribution in [3.63, 3.8) is 0 Å². The molecule has 0 aliphatic carbocycles. The number of nitrogens with one attached hydrogen (secondary N) is 2. The van der Waals surface area contributed by atoms with Crippen LogP contribution in [0.15, 0.2) is 48.5 Å². The maximum Gasteiger partial charge on any atom is 0.168 e. The Balaban J connectivity index is 0.000000255. The van der Waals surface area contributed by atoms with E-state index in [1.807, 2.05) is 24.3 Å². The third-order valence-corrected chi connectivity index (χ3v) is 2.56. The molecule has 10 N–H and O–H groups in total. The van der Waals surface area contributed by atoms with Crippen molar-refractivity contribution in [2.75, 3.05) is 22.1 Å². The van der Waals surface area contributed by atoms with Crippen LogP contribution in [0.3, 0.4) is 0 Å².